The summed E-state index contributed by atoms with van der Waals surface area (Å²) in [6, 6.07) is 0. The highest BCUT2D eigenvalue weighted by molar-refractivity contribution is 5.81. The Hall–Kier alpha value is -1.44. The van der Waals surface area contributed by atoms with Gasteiger partial charge < -0.3 is 24.8 Å². The number of allylic oxidation sites excluding steroid dienone is 1. The normalized spacial score (nSPS) is 53.8. The summed E-state index contributed by atoms with van der Waals surface area (Å²) >= 11 is 0. The van der Waals surface area contributed by atoms with Crippen LogP contribution in [-0.4, -0.2) is 58.8 Å². The van der Waals surface area contributed by atoms with Crippen molar-refractivity contribution in [3.8, 4) is 0 Å². The van der Waals surface area contributed by atoms with Crippen LogP contribution in [0.5, 0.6) is 0 Å². The Labute approximate surface area is 233 Å². The second kappa shape index (κ2) is 8.32. The van der Waals surface area contributed by atoms with Gasteiger partial charge in [-0.05, 0) is 80.5 Å². The molecule has 39 heavy (non-hydrogen) atoms. The monoisotopic (exact) mass is 546 g/mol. The number of aliphatic hydroxyl groups excluding tert-OH is 1. The van der Waals surface area contributed by atoms with Crippen molar-refractivity contribution in [2.24, 2.45) is 50.7 Å². The van der Waals surface area contributed by atoms with Gasteiger partial charge in [-0.1, -0.05) is 53.2 Å². The van der Waals surface area contributed by atoms with Gasteiger partial charge in [-0.15, -0.1) is 0 Å². The van der Waals surface area contributed by atoms with Gasteiger partial charge in [0.2, 0.25) is 0 Å². The molecule has 0 heterocycles. The summed E-state index contributed by atoms with van der Waals surface area (Å²) in [5.41, 5.74) is -4.82. The maximum Gasteiger partial charge on any atom is 0.338 e. The van der Waals surface area contributed by atoms with Crippen LogP contribution in [0.15, 0.2) is 11.6 Å². The Morgan fingerprint density at radius 3 is 2.13 bits per heavy atom. The first-order valence-corrected chi connectivity index (χ1v) is 14.9. The van der Waals surface area contributed by atoms with Crippen molar-refractivity contribution >= 4 is 11.9 Å². The number of hydrogen-bond acceptors (Lipinski definition) is 7. The second-order valence-electron chi connectivity index (χ2n) is 15.4. The van der Waals surface area contributed by atoms with E-state index in [-0.39, 0.29) is 41.0 Å². The quantitative estimate of drug-likeness (QED) is 0.347. The highest BCUT2D eigenvalue weighted by atomic mass is 16.5. The van der Waals surface area contributed by atoms with Gasteiger partial charge in [0.15, 0.2) is 5.60 Å². The van der Waals surface area contributed by atoms with Crippen molar-refractivity contribution in [3.05, 3.63) is 11.6 Å². The van der Waals surface area contributed by atoms with E-state index < -0.39 is 45.4 Å². The second-order valence-corrected chi connectivity index (χ2v) is 15.4. The summed E-state index contributed by atoms with van der Waals surface area (Å²) < 4.78 is 10.5. The molecule has 4 fully saturated rings. The molecule has 11 unspecified atom stereocenters. The Morgan fingerprint density at radius 2 is 1.54 bits per heavy atom. The number of carbonyl (C=O) groups is 2. The van der Waals surface area contributed by atoms with Crippen molar-refractivity contribution in [3.63, 3.8) is 0 Å². The molecule has 0 radical (unpaired) electrons. The molecule has 4 saturated carbocycles. The Kier molecular flexibility index (Phi) is 6.20. The zero-order valence-corrected chi connectivity index (χ0v) is 25.4. The molecule has 0 saturated heterocycles. The number of methoxy groups -OCH3 is 2. The van der Waals surface area contributed by atoms with Gasteiger partial charge in [-0.3, -0.25) is 4.79 Å². The van der Waals surface area contributed by atoms with Crippen LogP contribution < -0.4 is 0 Å². The number of rotatable bonds is 2. The lowest BCUT2D eigenvalue weighted by Crippen LogP contribution is -2.70. The van der Waals surface area contributed by atoms with E-state index in [0.717, 1.165) is 18.4 Å². The standard InChI is InChI=1S/C32H50O7/c1-18-12-15-31(24(34)38-8)16-22(33)29(6)19(23(31)30(18,7)36)10-11-21-27(4)17-32(37,25(35)39-9)26(2,3)20(27)13-14-28(21,29)5/h10,18,20-23,33,36-37H,11-17H2,1-9H3. The lowest BCUT2D eigenvalue weighted by atomic mass is 9.34. The minimum absolute atomic E-state index is 0.00912. The maximum absolute atomic E-state index is 13.5. The molecule has 7 nitrogen and oxygen atoms in total. The van der Waals surface area contributed by atoms with Crippen LogP contribution in [0.25, 0.3) is 0 Å². The van der Waals surface area contributed by atoms with Gasteiger partial charge in [-0.2, -0.15) is 0 Å². The molecule has 220 valence electrons. The molecule has 0 aromatic rings. The molecule has 0 bridgehead atoms. The molecule has 0 amide bonds. The van der Waals surface area contributed by atoms with E-state index in [0.29, 0.717) is 25.7 Å². The average Bonchev–Trinajstić information content (AvgIpc) is 3.02. The van der Waals surface area contributed by atoms with Crippen LogP contribution in [0.2, 0.25) is 0 Å². The van der Waals surface area contributed by atoms with E-state index in [9.17, 15) is 24.9 Å². The van der Waals surface area contributed by atoms with Gasteiger partial charge in [0.1, 0.15) is 0 Å². The van der Waals surface area contributed by atoms with Crippen LogP contribution in [0.1, 0.15) is 93.4 Å². The van der Waals surface area contributed by atoms with Crippen LogP contribution in [0, 0.1) is 50.7 Å². The summed E-state index contributed by atoms with van der Waals surface area (Å²) in [5, 5.41) is 36.1. The summed E-state index contributed by atoms with van der Waals surface area (Å²) in [4.78, 5) is 26.5. The fourth-order valence-corrected chi connectivity index (χ4v) is 11.5. The van der Waals surface area contributed by atoms with Crippen molar-refractivity contribution in [2.75, 3.05) is 14.2 Å². The van der Waals surface area contributed by atoms with E-state index >= 15 is 0 Å². The van der Waals surface area contributed by atoms with Gasteiger partial charge >= 0.3 is 11.9 Å². The number of fused-ring (bicyclic) bond motifs is 7. The van der Waals surface area contributed by atoms with Crippen molar-refractivity contribution in [1.82, 2.24) is 0 Å². The van der Waals surface area contributed by atoms with E-state index in [1.807, 2.05) is 20.8 Å². The van der Waals surface area contributed by atoms with Crippen molar-refractivity contribution < 1.29 is 34.4 Å². The Morgan fingerprint density at radius 1 is 0.923 bits per heavy atom. The molecular weight excluding hydrogens is 496 g/mol. The van der Waals surface area contributed by atoms with Crippen LogP contribution in [-0.2, 0) is 19.1 Å². The molecular formula is C32H50O7. The Bertz CT molecular complexity index is 1110. The van der Waals surface area contributed by atoms with Crippen LogP contribution in [0.4, 0.5) is 0 Å². The molecule has 0 aromatic heterocycles. The SMILES string of the molecule is COC(=O)C12CCC(C)C(C)(O)C1C1=CCC3C4(C)CC(O)(C(=O)OC)C(C)(C)C4CCC3(C)C1(C)C(O)C2. The topological polar surface area (TPSA) is 113 Å². The van der Waals surface area contributed by atoms with E-state index in [1.165, 1.54) is 14.2 Å². The van der Waals surface area contributed by atoms with Gasteiger partial charge in [0.05, 0.1) is 31.3 Å². The fraction of sp³-hybridized carbons (Fsp3) is 0.875. The molecule has 5 aliphatic carbocycles. The number of ether oxygens (including phenoxy) is 2. The first-order chi connectivity index (χ1) is 17.9. The van der Waals surface area contributed by atoms with Crippen molar-refractivity contribution in [2.45, 2.75) is 111 Å². The molecule has 0 aromatic carbocycles. The lowest BCUT2D eigenvalue weighted by molar-refractivity contribution is -0.224. The highest BCUT2D eigenvalue weighted by Gasteiger charge is 2.77. The molecule has 11 atom stereocenters. The van der Waals surface area contributed by atoms with E-state index in [1.54, 1.807) is 0 Å². The molecule has 0 spiro atoms. The number of carbonyl (C=O) groups excluding carboxylic acids is 2. The fourth-order valence-electron chi connectivity index (χ4n) is 11.5. The molecule has 3 N–H and O–H groups in total. The number of esters is 2. The molecule has 5 rings (SSSR count). The first-order valence-electron chi connectivity index (χ1n) is 14.9. The maximum atomic E-state index is 13.5. The van der Waals surface area contributed by atoms with E-state index in [2.05, 4.69) is 33.8 Å². The number of aliphatic hydroxyl groups is 3. The summed E-state index contributed by atoms with van der Waals surface area (Å²) in [7, 11) is 2.74. The Balaban J connectivity index is 1.68. The average molecular weight is 547 g/mol. The third kappa shape index (κ3) is 3.11. The van der Waals surface area contributed by atoms with Crippen LogP contribution in [0.3, 0.4) is 0 Å². The molecule has 5 aliphatic rings. The summed E-state index contributed by atoms with van der Waals surface area (Å²) in [5.74, 6) is -1.20. The minimum Gasteiger partial charge on any atom is -0.469 e. The minimum atomic E-state index is -1.59. The smallest absolute Gasteiger partial charge is 0.338 e. The van der Waals surface area contributed by atoms with Crippen molar-refractivity contribution in [1.29, 1.82) is 0 Å². The third-order valence-corrected chi connectivity index (χ3v) is 14.1. The van der Waals surface area contributed by atoms with Gasteiger partial charge in [0.25, 0.3) is 0 Å². The predicted molar refractivity (Wildman–Crippen MR) is 146 cm³/mol. The summed E-state index contributed by atoms with van der Waals surface area (Å²) in [6.07, 6.45) is 5.56. The molecule has 7 heteroatoms. The third-order valence-electron chi connectivity index (χ3n) is 14.1. The predicted octanol–water partition coefficient (Wildman–Crippen LogP) is 4.42. The number of hydrogen-bond donors (Lipinski definition) is 3. The van der Waals surface area contributed by atoms with Gasteiger partial charge in [0, 0.05) is 16.7 Å². The lowest BCUT2D eigenvalue weighted by Gasteiger charge is -2.70. The van der Waals surface area contributed by atoms with Crippen LogP contribution >= 0.6 is 0 Å². The summed E-state index contributed by atoms with van der Waals surface area (Å²) in [6.45, 7) is 14.5. The molecule has 0 aliphatic heterocycles. The first kappa shape index (κ1) is 29.1. The van der Waals surface area contributed by atoms with E-state index in [4.69, 9.17) is 9.47 Å². The highest BCUT2D eigenvalue weighted by Crippen LogP contribution is 2.78. The zero-order chi connectivity index (χ0) is 29.2. The zero-order valence-electron chi connectivity index (χ0n) is 25.4. The largest absolute Gasteiger partial charge is 0.469 e. The van der Waals surface area contributed by atoms with Gasteiger partial charge in [-0.25, -0.2) is 4.79 Å².